The van der Waals surface area contributed by atoms with Crippen molar-refractivity contribution in [1.29, 1.82) is 5.26 Å². The van der Waals surface area contributed by atoms with Gasteiger partial charge in [0.1, 0.15) is 11.9 Å². The largest absolute Gasteiger partial charge is 0.459 e. The van der Waals surface area contributed by atoms with Crippen molar-refractivity contribution in [3.63, 3.8) is 0 Å². The lowest BCUT2D eigenvalue weighted by atomic mass is 10.0. The van der Waals surface area contributed by atoms with E-state index in [2.05, 4.69) is 16.2 Å². The number of piperazine rings is 1. The molecule has 3 aromatic heterocycles. The van der Waals surface area contributed by atoms with E-state index in [4.69, 9.17) is 8.83 Å². The number of carbonyl (C=O) groups excluding carboxylic acids is 1. The molecular formula is C25H23FN6O3. The molecule has 9 nitrogen and oxygen atoms in total. The maximum absolute atomic E-state index is 13.4. The summed E-state index contributed by atoms with van der Waals surface area (Å²) in [4.78, 5) is 21.4. The number of aromatic nitrogens is 3. The first-order valence-electron chi connectivity index (χ1n) is 11.3. The third-order valence-corrected chi connectivity index (χ3v) is 5.96. The summed E-state index contributed by atoms with van der Waals surface area (Å²) in [5, 5.41) is 14.0. The number of nitrogens with zero attached hydrogens (tertiary/aromatic N) is 6. The van der Waals surface area contributed by atoms with E-state index < -0.39 is 0 Å². The molecule has 1 amide bonds. The highest BCUT2D eigenvalue weighted by atomic mass is 19.1. The van der Waals surface area contributed by atoms with Crippen LogP contribution in [0.2, 0.25) is 0 Å². The molecule has 0 saturated carbocycles. The molecule has 178 valence electrons. The minimum atomic E-state index is -0.330. The summed E-state index contributed by atoms with van der Waals surface area (Å²) < 4.78 is 26.2. The van der Waals surface area contributed by atoms with Gasteiger partial charge in [0.25, 0.3) is 11.8 Å². The first-order chi connectivity index (χ1) is 17.0. The lowest BCUT2D eigenvalue weighted by molar-refractivity contribution is 0.0743. The fourth-order valence-corrected chi connectivity index (χ4v) is 4.25. The monoisotopic (exact) mass is 474 g/mol. The molecular weight excluding hydrogens is 451 g/mol. The molecule has 1 aromatic carbocycles. The summed E-state index contributed by atoms with van der Waals surface area (Å²) >= 11 is 0. The number of rotatable bonds is 5. The molecule has 1 saturated heterocycles. The Morgan fingerprint density at radius 1 is 1.14 bits per heavy atom. The van der Waals surface area contributed by atoms with Gasteiger partial charge in [0.15, 0.2) is 5.76 Å². The van der Waals surface area contributed by atoms with Gasteiger partial charge in [-0.25, -0.2) is 9.07 Å². The van der Waals surface area contributed by atoms with Crippen LogP contribution < -0.4 is 4.90 Å². The molecule has 0 bridgehead atoms. The molecule has 0 spiro atoms. The smallest absolute Gasteiger partial charge is 0.266 e. The molecule has 0 atom stereocenters. The zero-order valence-electron chi connectivity index (χ0n) is 19.3. The number of benzene rings is 1. The maximum atomic E-state index is 13.4. The molecule has 0 unspecified atom stereocenters. The lowest BCUT2D eigenvalue weighted by Crippen LogP contribution is -2.49. The van der Waals surface area contributed by atoms with Crippen molar-refractivity contribution < 1.29 is 18.0 Å². The summed E-state index contributed by atoms with van der Waals surface area (Å²) in [6.07, 6.45) is 3.09. The summed E-state index contributed by atoms with van der Waals surface area (Å²) in [6, 6.07) is 11.5. The first-order valence-corrected chi connectivity index (χ1v) is 11.3. The number of anilines is 1. The van der Waals surface area contributed by atoms with Crippen molar-refractivity contribution in [2.24, 2.45) is 0 Å². The van der Waals surface area contributed by atoms with Crippen LogP contribution in [0.5, 0.6) is 0 Å². The standard InChI is InChI=1S/C25H23FN6O3/c1-16(2)22-19(15-28-32(22)18-7-5-17(26)6-8-18)24(33)30-9-11-31(12-10-30)25-20(14-27)29-23(35-25)21-4-3-13-34-21/h3-8,13,15-16H,9-12H2,1-2H3. The molecule has 5 rings (SSSR count). The third kappa shape index (κ3) is 4.17. The number of nitriles is 1. The minimum absolute atomic E-state index is 0.0233. The van der Waals surface area contributed by atoms with E-state index in [0.717, 1.165) is 5.69 Å². The van der Waals surface area contributed by atoms with Crippen molar-refractivity contribution in [2.45, 2.75) is 19.8 Å². The van der Waals surface area contributed by atoms with Gasteiger partial charge in [-0.3, -0.25) is 4.79 Å². The highest BCUT2D eigenvalue weighted by Gasteiger charge is 2.30. The molecule has 4 aromatic rings. The van der Waals surface area contributed by atoms with E-state index in [1.54, 1.807) is 40.0 Å². The predicted molar refractivity (Wildman–Crippen MR) is 125 cm³/mol. The summed E-state index contributed by atoms with van der Waals surface area (Å²) in [5.74, 6) is 0.642. The van der Waals surface area contributed by atoms with Crippen LogP contribution in [-0.2, 0) is 0 Å². The number of amides is 1. The van der Waals surface area contributed by atoms with Crippen molar-refractivity contribution in [3.05, 3.63) is 71.6 Å². The Bertz CT molecular complexity index is 1370. The molecule has 1 fully saturated rings. The summed E-state index contributed by atoms with van der Waals surface area (Å²) in [5.41, 5.74) is 2.17. The Balaban J connectivity index is 1.34. The number of furan rings is 1. The van der Waals surface area contributed by atoms with E-state index in [1.807, 2.05) is 18.7 Å². The molecule has 0 aliphatic carbocycles. The maximum Gasteiger partial charge on any atom is 0.266 e. The van der Waals surface area contributed by atoms with E-state index in [-0.39, 0.29) is 29.2 Å². The number of carbonyl (C=O) groups is 1. The number of halogens is 1. The van der Waals surface area contributed by atoms with Crippen molar-refractivity contribution >= 4 is 11.8 Å². The van der Waals surface area contributed by atoms with Gasteiger partial charge in [-0.1, -0.05) is 13.8 Å². The molecule has 35 heavy (non-hydrogen) atoms. The summed E-state index contributed by atoms with van der Waals surface area (Å²) in [6.45, 7) is 5.84. The van der Waals surface area contributed by atoms with Gasteiger partial charge in [-0.2, -0.15) is 15.3 Å². The Morgan fingerprint density at radius 2 is 1.89 bits per heavy atom. The molecule has 0 N–H and O–H groups in total. The van der Waals surface area contributed by atoms with Gasteiger partial charge in [0.05, 0.1) is 29.4 Å². The second-order valence-electron chi connectivity index (χ2n) is 8.53. The van der Waals surface area contributed by atoms with Crippen LogP contribution in [0.15, 0.2) is 57.7 Å². The second-order valence-corrected chi connectivity index (χ2v) is 8.53. The van der Waals surface area contributed by atoms with Crippen LogP contribution in [-0.4, -0.2) is 51.8 Å². The fourth-order valence-electron chi connectivity index (χ4n) is 4.25. The highest BCUT2D eigenvalue weighted by molar-refractivity contribution is 5.95. The Kier molecular flexibility index (Phi) is 5.82. The van der Waals surface area contributed by atoms with Crippen molar-refractivity contribution in [2.75, 3.05) is 31.1 Å². The number of hydrogen-bond donors (Lipinski definition) is 0. The first kappa shape index (κ1) is 22.4. The lowest BCUT2D eigenvalue weighted by Gasteiger charge is -2.34. The molecule has 0 radical (unpaired) electrons. The van der Waals surface area contributed by atoms with Crippen LogP contribution in [0.4, 0.5) is 10.3 Å². The van der Waals surface area contributed by atoms with Crippen LogP contribution in [0.25, 0.3) is 17.3 Å². The highest BCUT2D eigenvalue weighted by Crippen LogP contribution is 2.30. The zero-order chi connectivity index (χ0) is 24.5. The normalized spacial score (nSPS) is 13.9. The van der Waals surface area contributed by atoms with E-state index in [1.165, 1.54) is 18.4 Å². The second kappa shape index (κ2) is 9.10. The van der Waals surface area contributed by atoms with Crippen LogP contribution in [0, 0.1) is 17.1 Å². The Morgan fingerprint density at radius 3 is 2.51 bits per heavy atom. The average molecular weight is 474 g/mol. The van der Waals surface area contributed by atoms with Crippen LogP contribution in [0.1, 0.15) is 41.5 Å². The minimum Gasteiger partial charge on any atom is -0.459 e. The number of oxazole rings is 1. The zero-order valence-corrected chi connectivity index (χ0v) is 19.3. The quantitative estimate of drug-likeness (QED) is 0.427. The Labute approximate surface area is 201 Å². The average Bonchev–Trinajstić information content (AvgIpc) is 3.63. The van der Waals surface area contributed by atoms with Gasteiger partial charge >= 0.3 is 0 Å². The predicted octanol–water partition coefficient (Wildman–Crippen LogP) is 4.22. The van der Waals surface area contributed by atoms with Crippen molar-refractivity contribution in [1.82, 2.24) is 19.7 Å². The molecule has 4 heterocycles. The van der Waals surface area contributed by atoms with Gasteiger partial charge in [-0.15, -0.1) is 0 Å². The fraction of sp³-hybridized carbons (Fsp3) is 0.280. The topological polar surface area (TPSA) is 104 Å². The van der Waals surface area contributed by atoms with E-state index >= 15 is 0 Å². The van der Waals surface area contributed by atoms with Gasteiger partial charge in [0.2, 0.25) is 11.6 Å². The van der Waals surface area contributed by atoms with Gasteiger partial charge in [0, 0.05) is 26.2 Å². The molecule has 1 aliphatic heterocycles. The van der Waals surface area contributed by atoms with Crippen LogP contribution in [0.3, 0.4) is 0 Å². The van der Waals surface area contributed by atoms with Crippen molar-refractivity contribution in [3.8, 4) is 23.4 Å². The number of hydrogen-bond acceptors (Lipinski definition) is 7. The molecule has 10 heteroatoms. The molecule has 1 aliphatic rings. The Hall–Kier alpha value is -4.39. The van der Waals surface area contributed by atoms with Gasteiger partial charge < -0.3 is 18.6 Å². The summed E-state index contributed by atoms with van der Waals surface area (Å²) in [7, 11) is 0. The van der Waals surface area contributed by atoms with E-state index in [9.17, 15) is 14.4 Å². The SMILES string of the molecule is CC(C)c1c(C(=O)N2CCN(c3oc(-c4ccco4)nc3C#N)CC2)cnn1-c1ccc(F)cc1. The van der Waals surface area contributed by atoms with E-state index in [0.29, 0.717) is 49.1 Å². The van der Waals surface area contributed by atoms with Crippen LogP contribution >= 0.6 is 0 Å². The van der Waals surface area contributed by atoms with Gasteiger partial charge in [-0.05, 0) is 42.3 Å². The third-order valence-electron chi connectivity index (χ3n) is 5.96.